The van der Waals surface area contributed by atoms with E-state index < -0.39 is 5.67 Å². The Morgan fingerprint density at radius 3 is 2.56 bits per heavy atom. The molecule has 0 bridgehead atoms. The number of nitrogens with one attached hydrogen (secondary N) is 1. The molecule has 0 saturated heterocycles. The summed E-state index contributed by atoms with van der Waals surface area (Å²) in [6.45, 7) is 6.92. The Bertz CT molecular complexity index is 147. The van der Waals surface area contributed by atoms with E-state index in [1.54, 1.807) is 0 Å². The molecule has 0 radical (unpaired) electrons. The van der Waals surface area contributed by atoms with Crippen molar-refractivity contribution in [3.05, 3.63) is 25.1 Å². The van der Waals surface area contributed by atoms with Crippen LogP contribution in [0.4, 0.5) is 4.39 Å². The largest absolute Gasteiger partial charge is 0.363 e. The fraction of sp³-hybridized carbons (Fsp3) is 0.429. The van der Waals surface area contributed by atoms with Gasteiger partial charge in [0.15, 0.2) is 0 Å². The first-order chi connectivity index (χ1) is 4.19. The Kier molecular flexibility index (Phi) is 1.31. The predicted octanol–water partition coefficient (Wildman–Crippen LogP) is 1.74. The van der Waals surface area contributed by atoms with E-state index in [9.17, 15) is 4.39 Å². The number of hydrogen-bond acceptors (Lipinski definition) is 1. The van der Waals surface area contributed by atoms with E-state index >= 15 is 0 Å². The summed E-state index contributed by atoms with van der Waals surface area (Å²) < 4.78 is 12.9. The molecular weight excluding hydrogens is 117 g/mol. The summed E-state index contributed by atoms with van der Waals surface area (Å²) >= 11 is 0. The Balaban J connectivity index is 2.42. The monoisotopic (exact) mass is 127 g/mol. The summed E-state index contributed by atoms with van der Waals surface area (Å²) in [5.41, 5.74) is -0.675. The first kappa shape index (κ1) is 6.33. The summed E-state index contributed by atoms with van der Waals surface area (Å²) in [4.78, 5) is 0. The molecule has 9 heavy (non-hydrogen) atoms. The maximum atomic E-state index is 12.9. The quantitative estimate of drug-likeness (QED) is 0.608. The Morgan fingerprint density at radius 1 is 1.67 bits per heavy atom. The Morgan fingerprint density at radius 2 is 2.22 bits per heavy atom. The fourth-order valence-corrected chi connectivity index (χ4v) is 0.664. The first-order valence-electron chi connectivity index (χ1n) is 2.95. The molecule has 1 fully saturated rings. The van der Waals surface area contributed by atoms with Gasteiger partial charge >= 0.3 is 0 Å². The van der Waals surface area contributed by atoms with Crippen molar-refractivity contribution in [2.24, 2.45) is 0 Å². The van der Waals surface area contributed by atoms with Gasteiger partial charge in [0.1, 0.15) is 5.67 Å². The number of allylic oxidation sites excluding steroid dienone is 1. The van der Waals surface area contributed by atoms with Crippen LogP contribution >= 0.6 is 0 Å². The van der Waals surface area contributed by atoms with E-state index in [0.717, 1.165) is 0 Å². The van der Waals surface area contributed by atoms with Crippen molar-refractivity contribution >= 4 is 0 Å². The van der Waals surface area contributed by atoms with Crippen LogP contribution in [0.1, 0.15) is 12.8 Å². The third kappa shape index (κ3) is 1.12. The van der Waals surface area contributed by atoms with Crippen LogP contribution in [0.15, 0.2) is 25.1 Å². The van der Waals surface area contributed by atoms with Gasteiger partial charge in [0.05, 0.1) is 0 Å². The number of rotatable bonds is 3. The molecule has 1 aliphatic carbocycles. The minimum atomic E-state index is -1.12. The maximum absolute atomic E-state index is 12.9. The van der Waals surface area contributed by atoms with Crippen LogP contribution in [0.3, 0.4) is 0 Å². The Hall–Kier alpha value is -0.790. The van der Waals surface area contributed by atoms with Gasteiger partial charge in [-0.3, -0.25) is 0 Å². The van der Waals surface area contributed by atoms with Crippen LogP contribution in [0.25, 0.3) is 0 Å². The number of halogens is 1. The molecule has 0 amide bonds. The van der Waals surface area contributed by atoms with Gasteiger partial charge < -0.3 is 5.32 Å². The molecule has 0 aromatic rings. The smallest absolute Gasteiger partial charge is 0.150 e. The number of alkyl halides is 1. The molecule has 0 aromatic carbocycles. The molecule has 0 aliphatic heterocycles. The van der Waals surface area contributed by atoms with E-state index in [-0.39, 0.29) is 0 Å². The van der Waals surface area contributed by atoms with Gasteiger partial charge in [0, 0.05) is 5.70 Å². The van der Waals surface area contributed by atoms with Gasteiger partial charge in [-0.15, -0.1) is 0 Å². The van der Waals surface area contributed by atoms with Crippen molar-refractivity contribution in [3.63, 3.8) is 0 Å². The van der Waals surface area contributed by atoms with Gasteiger partial charge in [0.25, 0.3) is 0 Å². The summed E-state index contributed by atoms with van der Waals surface area (Å²) in [5, 5.41) is 2.64. The topological polar surface area (TPSA) is 12.0 Å². The SMILES string of the molecule is C=CNC(=C)C1(F)CC1. The van der Waals surface area contributed by atoms with Crippen LogP contribution in [0.2, 0.25) is 0 Å². The molecule has 2 heteroatoms. The average Bonchev–Trinajstić information content (AvgIpc) is 2.50. The van der Waals surface area contributed by atoms with E-state index in [4.69, 9.17) is 0 Å². The summed E-state index contributed by atoms with van der Waals surface area (Å²) in [6.07, 6.45) is 2.65. The third-order valence-corrected chi connectivity index (χ3v) is 1.51. The molecule has 1 rings (SSSR count). The van der Waals surface area contributed by atoms with Crippen LogP contribution in [0, 0.1) is 0 Å². The molecule has 50 valence electrons. The van der Waals surface area contributed by atoms with Crippen molar-refractivity contribution in [3.8, 4) is 0 Å². The van der Waals surface area contributed by atoms with Crippen molar-refractivity contribution < 1.29 is 4.39 Å². The summed E-state index contributed by atoms with van der Waals surface area (Å²) in [5.74, 6) is 0. The fourth-order valence-electron chi connectivity index (χ4n) is 0.664. The van der Waals surface area contributed by atoms with Crippen LogP contribution in [-0.2, 0) is 0 Å². The second-order valence-corrected chi connectivity index (χ2v) is 2.29. The normalized spacial score (nSPS) is 20.6. The van der Waals surface area contributed by atoms with Crippen molar-refractivity contribution in [2.75, 3.05) is 0 Å². The zero-order valence-electron chi connectivity index (χ0n) is 5.28. The molecule has 1 nitrogen and oxygen atoms in total. The molecule has 0 spiro atoms. The van der Waals surface area contributed by atoms with E-state index in [1.165, 1.54) is 6.20 Å². The van der Waals surface area contributed by atoms with Crippen molar-refractivity contribution in [2.45, 2.75) is 18.5 Å². The van der Waals surface area contributed by atoms with Crippen molar-refractivity contribution in [1.82, 2.24) is 5.32 Å². The maximum Gasteiger partial charge on any atom is 0.150 e. The number of hydrogen-bond donors (Lipinski definition) is 1. The molecule has 1 aliphatic rings. The van der Waals surface area contributed by atoms with Crippen LogP contribution < -0.4 is 5.32 Å². The standard InChI is InChI=1S/C7H10FN/c1-3-9-6(2)7(8)4-5-7/h3,9H,1-2,4-5H2. The van der Waals surface area contributed by atoms with Crippen LogP contribution in [-0.4, -0.2) is 5.67 Å². The lowest BCUT2D eigenvalue weighted by Gasteiger charge is -2.06. The molecule has 0 unspecified atom stereocenters. The highest BCUT2D eigenvalue weighted by atomic mass is 19.1. The highest BCUT2D eigenvalue weighted by Gasteiger charge is 2.45. The molecule has 0 heterocycles. The summed E-state index contributed by atoms with van der Waals surface area (Å²) in [7, 11) is 0. The lowest BCUT2D eigenvalue weighted by atomic mass is 10.3. The van der Waals surface area contributed by atoms with Gasteiger partial charge in [-0.05, 0) is 19.0 Å². The average molecular weight is 127 g/mol. The van der Waals surface area contributed by atoms with Gasteiger partial charge in [0.2, 0.25) is 0 Å². The lowest BCUT2D eigenvalue weighted by Crippen LogP contribution is -2.15. The molecule has 1 N–H and O–H groups in total. The lowest BCUT2D eigenvalue weighted by molar-refractivity contribution is 0.351. The zero-order chi connectivity index (χ0) is 6.91. The van der Waals surface area contributed by atoms with Crippen LogP contribution in [0.5, 0.6) is 0 Å². The highest BCUT2D eigenvalue weighted by Crippen LogP contribution is 2.44. The Labute approximate surface area is 54.3 Å². The van der Waals surface area contributed by atoms with E-state index in [1.807, 2.05) is 0 Å². The second-order valence-electron chi connectivity index (χ2n) is 2.29. The van der Waals surface area contributed by atoms with Gasteiger partial charge in [-0.25, -0.2) is 4.39 Å². The second kappa shape index (κ2) is 1.87. The van der Waals surface area contributed by atoms with Gasteiger partial charge in [-0.2, -0.15) is 0 Å². The summed E-state index contributed by atoms with van der Waals surface area (Å²) in [6, 6.07) is 0. The molecule has 1 saturated carbocycles. The zero-order valence-corrected chi connectivity index (χ0v) is 5.28. The van der Waals surface area contributed by atoms with E-state index in [0.29, 0.717) is 18.5 Å². The third-order valence-electron chi connectivity index (χ3n) is 1.51. The minimum Gasteiger partial charge on any atom is -0.363 e. The predicted molar refractivity (Wildman–Crippen MR) is 35.5 cm³/mol. The molecular formula is C7H10FN. The molecule has 0 aromatic heterocycles. The van der Waals surface area contributed by atoms with Crippen molar-refractivity contribution in [1.29, 1.82) is 0 Å². The van der Waals surface area contributed by atoms with Gasteiger partial charge in [-0.1, -0.05) is 13.2 Å². The minimum absolute atomic E-state index is 0.442. The molecule has 0 atom stereocenters. The van der Waals surface area contributed by atoms with E-state index in [2.05, 4.69) is 18.5 Å². The highest BCUT2D eigenvalue weighted by molar-refractivity contribution is 5.20. The first-order valence-corrected chi connectivity index (χ1v) is 2.95.